The molecule has 0 aliphatic rings. The van der Waals surface area contributed by atoms with Gasteiger partial charge in [0.15, 0.2) is 0 Å². The van der Waals surface area contributed by atoms with E-state index in [0.717, 1.165) is 5.56 Å². The molecule has 0 saturated carbocycles. The van der Waals surface area contributed by atoms with Crippen LogP contribution < -0.4 is 0 Å². The molecule has 15 heavy (non-hydrogen) atoms. The zero-order chi connectivity index (χ0) is 11.6. The maximum atomic E-state index is 13.5. The molecular weight excluding hydrogens is 219 g/mol. The van der Waals surface area contributed by atoms with Gasteiger partial charge >= 0.3 is 5.97 Å². The monoisotopic (exact) mass is 230 g/mol. The first-order valence-electron chi connectivity index (χ1n) is 4.54. The van der Waals surface area contributed by atoms with E-state index in [1.165, 1.54) is 13.2 Å². The van der Waals surface area contributed by atoms with Gasteiger partial charge in [-0.25, -0.2) is 9.18 Å². The summed E-state index contributed by atoms with van der Waals surface area (Å²) in [6.07, 6.45) is 0. The van der Waals surface area contributed by atoms with Crippen LogP contribution >= 0.6 is 11.6 Å². The van der Waals surface area contributed by atoms with E-state index in [2.05, 4.69) is 4.74 Å². The number of benzene rings is 1. The first-order chi connectivity index (χ1) is 6.97. The first kappa shape index (κ1) is 12.0. The van der Waals surface area contributed by atoms with Crippen molar-refractivity contribution in [3.05, 3.63) is 34.1 Å². The van der Waals surface area contributed by atoms with E-state index >= 15 is 0 Å². The highest BCUT2D eigenvalue weighted by molar-refractivity contribution is 6.33. The Hall–Kier alpha value is -1.09. The van der Waals surface area contributed by atoms with Crippen LogP contribution in [0.4, 0.5) is 4.39 Å². The lowest BCUT2D eigenvalue weighted by Gasteiger charge is -2.09. The molecule has 0 fully saturated rings. The largest absolute Gasteiger partial charge is 0.465 e. The van der Waals surface area contributed by atoms with Crippen LogP contribution in [0, 0.1) is 5.82 Å². The number of hydrogen-bond donors (Lipinski definition) is 0. The molecule has 0 N–H and O–H groups in total. The van der Waals surface area contributed by atoms with Gasteiger partial charge in [-0.2, -0.15) is 0 Å². The number of hydrogen-bond acceptors (Lipinski definition) is 2. The van der Waals surface area contributed by atoms with Crippen molar-refractivity contribution in [2.45, 2.75) is 19.8 Å². The highest BCUT2D eigenvalue weighted by Crippen LogP contribution is 2.26. The summed E-state index contributed by atoms with van der Waals surface area (Å²) in [6.45, 7) is 3.84. The Balaban J connectivity index is 3.27. The smallest absolute Gasteiger partial charge is 0.342 e. The number of carbonyl (C=O) groups excluding carboxylic acids is 1. The van der Waals surface area contributed by atoms with Crippen LogP contribution in [0.25, 0.3) is 0 Å². The molecule has 0 saturated heterocycles. The Kier molecular flexibility index (Phi) is 3.69. The lowest BCUT2D eigenvalue weighted by Crippen LogP contribution is -2.06. The van der Waals surface area contributed by atoms with Gasteiger partial charge in [-0.1, -0.05) is 25.4 Å². The van der Waals surface area contributed by atoms with Crippen LogP contribution in [-0.4, -0.2) is 13.1 Å². The molecule has 1 rings (SSSR count). The second-order valence-corrected chi connectivity index (χ2v) is 3.91. The quantitative estimate of drug-likeness (QED) is 0.728. The van der Waals surface area contributed by atoms with E-state index in [9.17, 15) is 9.18 Å². The van der Waals surface area contributed by atoms with Crippen molar-refractivity contribution < 1.29 is 13.9 Å². The number of rotatable bonds is 2. The molecule has 0 spiro atoms. The minimum absolute atomic E-state index is 0.0885. The minimum Gasteiger partial charge on any atom is -0.465 e. The summed E-state index contributed by atoms with van der Waals surface area (Å²) < 4.78 is 18.0. The third-order valence-corrected chi connectivity index (χ3v) is 2.42. The molecule has 1 aromatic carbocycles. The fourth-order valence-electron chi connectivity index (χ4n) is 1.22. The van der Waals surface area contributed by atoms with Gasteiger partial charge in [-0.15, -0.1) is 0 Å². The number of halogens is 2. The van der Waals surface area contributed by atoms with E-state index in [1.54, 1.807) is 6.07 Å². The summed E-state index contributed by atoms with van der Waals surface area (Å²) in [6, 6.07) is 2.89. The Morgan fingerprint density at radius 3 is 2.47 bits per heavy atom. The van der Waals surface area contributed by atoms with Crippen LogP contribution in [0.1, 0.15) is 35.7 Å². The van der Waals surface area contributed by atoms with Crippen molar-refractivity contribution >= 4 is 17.6 Å². The summed E-state index contributed by atoms with van der Waals surface area (Å²) in [4.78, 5) is 11.2. The number of methoxy groups -OCH3 is 1. The van der Waals surface area contributed by atoms with Crippen molar-refractivity contribution in [3.8, 4) is 0 Å². The van der Waals surface area contributed by atoms with E-state index in [-0.39, 0.29) is 16.5 Å². The molecule has 82 valence electrons. The highest BCUT2D eigenvalue weighted by atomic mass is 35.5. The van der Waals surface area contributed by atoms with Crippen LogP contribution in [0.3, 0.4) is 0 Å². The summed E-state index contributed by atoms with van der Waals surface area (Å²) in [5, 5.41) is 0.0885. The predicted molar refractivity (Wildman–Crippen MR) is 56.8 cm³/mol. The molecule has 0 bridgehead atoms. The van der Waals surface area contributed by atoms with E-state index in [4.69, 9.17) is 11.6 Å². The van der Waals surface area contributed by atoms with E-state index in [0.29, 0.717) is 0 Å². The summed E-state index contributed by atoms with van der Waals surface area (Å²) >= 11 is 5.81. The zero-order valence-corrected chi connectivity index (χ0v) is 9.56. The third kappa shape index (κ3) is 2.48. The average Bonchev–Trinajstić information content (AvgIpc) is 2.16. The number of ether oxygens (including phenoxy) is 1. The second-order valence-electron chi connectivity index (χ2n) is 3.51. The van der Waals surface area contributed by atoms with Gasteiger partial charge in [-0.3, -0.25) is 0 Å². The fourth-order valence-corrected chi connectivity index (χ4v) is 1.52. The molecule has 0 heterocycles. The van der Waals surface area contributed by atoms with Gasteiger partial charge in [0.05, 0.1) is 12.1 Å². The maximum Gasteiger partial charge on any atom is 0.342 e. The van der Waals surface area contributed by atoms with Gasteiger partial charge < -0.3 is 4.74 Å². The lowest BCUT2D eigenvalue weighted by atomic mass is 10.0. The standard InChI is InChI=1S/C11H12ClFO2/c1-6(2)7-4-8(12)10(9(13)5-7)11(14)15-3/h4-6H,1-3H3. The molecule has 0 aliphatic carbocycles. The fraction of sp³-hybridized carbons (Fsp3) is 0.364. The summed E-state index contributed by atoms with van der Waals surface area (Å²) in [5.41, 5.74) is 0.550. The van der Waals surface area contributed by atoms with Gasteiger partial charge in [-0.05, 0) is 23.6 Å². The molecular formula is C11H12ClFO2. The Morgan fingerprint density at radius 1 is 1.47 bits per heavy atom. The molecule has 1 aromatic rings. The Bertz CT molecular complexity index is 365. The van der Waals surface area contributed by atoms with Crippen molar-refractivity contribution in [1.29, 1.82) is 0 Å². The summed E-state index contributed by atoms with van der Waals surface area (Å²) in [5.74, 6) is -1.24. The normalized spacial score (nSPS) is 10.5. The van der Waals surface area contributed by atoms with Gasteiger partial charge in [0.2, 0.25) is 0 Å². The number of carbonyl (C=O) groups is 1. The number of esters is 1. The van der Waals surface area contributed by atoms with Crippen molar-refractivity contribution in [2.24, 2.45) is 0 Å². The highest BCUT2D eigenvalue weighted by Gasteiger charge is 2.18. The van der Waals surface area contributed by atoms with Gasteiger partial charge in [0.25, 0.3) is 0 Å². The van der Waals surface area contributed by atoms with Crippen LogP contribution in [0.2, 0.25) is 5.02 Å². The minimum atomic E-state index is -0.757. The lowest BCUT2D eigenvalue weighted by molar-refractivity contribution is 0.0595. The second kappa shape index (κ2) is 4.62. The predicted octanol–water partition coefficient (Wildman–Crippen LogP) is 3.39. The van der Waals surface area contributed by atoms with Crippen molar-refractivity contribution in [3.63, 3.8) is 0 Å². The Labute approximate surface area is 93.0 Å². The molecule has 0 atom stereocenters. The van der Waals surface area contributed by atoms with Crippen LogP contribution in [0.5, 0.6) is 0 Å². The maximum absolute atomic E-state index is 13.5. The van der Waals surface area contributed by atoms with Crippen LogP contribution in [0.15, 0.2) is 12.1 Å². The molecule has 0 unspecified atom stereocenters. The topological polar surface area (TPSA) is 26.3 Å². The molecule has 0 aliphatic heterocycles. The summed E-state index contributed by atoms with van der Waals surface area (Å²) in [7, 11) is 1.19. The Morgan fingerprint density at radius 2 is 2.07 bits per heavy atom. The van der Waals surface area contributed by atoms with Crippen LogP contribution in [-0.2, 0) is 4.74 Å². The van der Waals surface area contributed by atoms with E-state index in [1.807, 2.05) is 13.8 Å². The zero-order valence-electron chi connectivity index (χ0n) is 8.80. The average molecular weight is 231 g/mol. The molecule has 2 nitrogen and oxygen atoms in total. The van der Waals surface area contributed by atoms with E-state index < -0.39 is 11.8 Å². The first-order valence-corrected chi connectivity index (χ1v) is 4.92. The van der Waals surface area contributed by atoms with Crippen molar-refractivity contribution in [2.75, 3.05) is 7.11 Å². The molecule has 4 heteroatoms. The molecule has 0 amide bonds. The molecule has 0 aromatic heterocycles. The van der Waals surface area contributed by atoms with Gasteiger partial charge in [0.1, 0.15) is 11.4 Å². The third-order valence-electron chi connectivity index (χ3n) is 2.12. The SMILES string of the molecule is COC(=O)c1c(F)cc(C(C)C)cc1Cl. The molecule has 0 radical (unpaired) electrons. The van der Waals surface area contributed by atoms with Crippen molar-refractivity contribution in [1.82, 2.24) is 0 Å². The van der Waals surface area contributed by atoms with Gasteiger partial charge in [0, 0.05) is 0 Å².